The van der Waals surface area contributed by atoms with E-state index in [1.807, 2.05) is 20.9 Å². The average molecular weight is 288 g/mol. The van der Waals surface area contributed by atoms with Crippen molar-refractivity contribution in [2.24, 2.45) is 7.05 Å². The van der Waals surface area contributed by atoms with E-state index >= 15 is 0 Å². The molecule has 0 atom stereocenters. The molecule has 0 aliphatic heterocycles. The number of aryl methyl sites for hydroxylation is 2. The number of nitrogens with one attached hydrogen (secondary N) is 1. The SMILES string of the molecule is Cc1nn(C)c(C)c1CNC(=O)c1ccnc(C(=O)O)c1. The second-order valence-electron chi connectivity index (χ2n) is 4.69. The minimum Gasteiger partial charge on any atom is -0.477 e. The normalized spacial score (nSPS) is 10.4. The highest BCUT2D eigenvalue weighted by molar-refractivity contribution is 5.96. The van der Waals surface area contributed by atoms with E-state index in [1.54, 1.807) is 4.68 Å². The van der Waals surface area contributed by atoms with Gasteiger partial charge in [0.1, 0.15) is 5.69 Å². The van der Waals surface area contributed by atoms with Gasteiger partial charge in [-0.1, -0.05) is 0 Å². The Morgan fingerprint density at radius 3 is 2.67 bits per heavy atom. The third kappa shape index (κ3) is 3.07. The lowest BCUT2D eigenvalue weighted by atomic mass is 10.1. The summed E-state index contributed by atoms with van der Waals surface area (Å²) in [5.74, 6) is -1.51. The molecule has 2 aromatic heterocycles. The maximum Gasteiger partial charge on any atom is 0.354 e. The number of amides is 1. The standard InChI is InChI=1S/C14H16N4O3/c1-8-11(9(2)18(3)17-8)7-16-13(19)10-4-5-15-12(6-10)14(20)21/h4-6H,7H2,1-3H3,(H,16,19)(H,20,21). The molecule has 2 rings (SSSR count). The number of aromatic nitrogens is 3. The molecule has 2 heterocycles. The van der Waals surface area contributed by atoms with Gasteiger partial charge in [0.05, 0.1) is 5.69 Å². The van der Waals surface area contributed by atoms with Crippen LogP contribution < -0.4 is 5.32 Å². The molecule has 2 N–H and O–H groups in total. The van der Waals surface area contributed by atoms with Crippen LogP contribution in [0.4, 0.5) is 0 Å². The molecule has 0 saturated heterocycles. The molecule has 21 heavy (non-hydrogen) atoms. The number of aromatic carboxylic acids is 1. The molecule has 0 bridgehead atoms. The quantitative estimate of drug-likeness (QED) is 0.876. The molecule has 0 spiro atoms. The van der Waals surface area contributed by atoms with Crippen LogP contribution in [-0.2, 0) is 13.6 Å². The first kappa shape index (κ1) is 14.7. The van der Waals surface area contributed by atoms with Gasteiger partial charge in [0.15, 0.2) is 0 Å². The monoisotopic (exact) mass is 288 g/mol. The van der Waals surface area contributed by atoms with Crippen LogP contribution in [0.2, 0.25) is 0 Å². The van der Waals surface area contributed by atoms with Gasteiger partial charge in [-0.2, -0.15) is 5.10 Å². The summed E-state index contributed by atoms with van der Waals surface area (Å²) in [6.07, 6.45) is 1.30. The van der Waals surface area contributed by atoms with Gasteiger partial charge in [-0.25, -0.2) is 9.78 Å². The van der Waals surface area contributed by atoms with Crippen LogP contribution in [0.25, 0.3) is 0 Å². The number of carboxylic acid groups (broad SMARTS) is 1. The highest BCUT2D eigenvalue weighted by atomic mass is 16.4. The molecule has 7 heteroatoms. The Morgan fingerprint density at radius 1 is 1.38 bits per heavy atom. The van der Waals surface area contributed by atoms with Crippen LogP contribution in [-0.4, -0.2) is 31.7 Å². The van der Waals surface area contributed by atoms with Crippen LogP contribution in [0.15, 0.2) is 18.3 Å². The van der Waals surface area contributed by atoms with Gasteiger partial charge in [0.25, 0.3) is 5.91 Å². The van der Waals surface area contributed by atoms with Crippen molar-refractivity contribution < 1.29 is 14.7 Å². The number of hydrogen-bond acceptors (Lipinski definition) is 4. The van der Waals surface area contributed by atoms with Gasteiger partial charge in [0, 0.05) is 36.6 Å². The first-order chi connectivity index (χ1) is 9.90. The van der Waals surface area contributed by atoms with Crippen molar-refractivity contribution in [3.8, 4) is 0 Å². The van der Waals surface area contributed by atoms with E-state index in [-0.39, 0.29) is 17.2 Å². The van der Waals surface area contributed by atoms with Gasteiger partial charge in [-0.15, -0.1) is 0 Å². The summed E-state index contributed by atoms with van der Waals surface area (Å²) >= 11 is 0. The predicted molar refractivity (Wildman–Crippen MR) is 75.0 cm³/mol. The Morgan fingerprint density at radius 2 is 2.10 bits per heavy atom. The summed E-state index contributed by atoms with van der Waals surface area (Å²) in [6, 6.07) is 2.73. The van der Waals surface area contributed by atoms with Crippen LogP contribution in [0.1, 0.15) is 37.8 Å². The number of carbonyl (C=O) groups is 2. The lowest BCUT2D eigenvalue weighted by Gasteiger charge is -2.06. The third-order valence-corrected chi connectivity index (χ3v) is 3.33. The summed E-state index contributed by atoms with van der Waals surface area (Å²) in [5, 5.41) is 15.9. The molecular weight excluding hydrogens is 272 g/mol. The van der Waals surface area contributed by atoms with Crippen molar-refractivity contribution in [2.45, 2.75) is 20.4 Å². The predicted octanol–water partition coefficient (Wildman–Crippen LogP) is 1.06. The van der Waals surface area contributed by atoms with Crippen LogP contribution >= 0.6 is 0 Å². The van der Waals surface area contributed by atoms with Crippen molar-refractivity contribution in [1.82, 2.24) is 20.1 Å². The minimum atomic E-state index is -1.16. The lowest BCUT2D eigenvalue weighted by Crippen LogP contribution is -2.23. The number of nitrogens with zero attached hydrogens (tertiary/aromatic N) is 3. The highest BCUT2D eigenvalue weighted by Gasteiger charge is 2.13. The van der Waals surface area contributed by atoms with Crippen molar-refractivity contribution in [3.05, 3.63) is 46.5 Å². The van der Waals surface area contributed by atoms with Crippen molar-refractivity contribution in [2.75, 3.05) is 0 Å². The molecule has 0 fully saturated rings. The van der Waals surface area contributed by atoms with E-state index in [0.29, 0.717) is 6.54 Å². The number of carboxylic acids is 1. The number of pyridine rings is 1. The van der Waals surface area contributed by atoms with E-state index < -0.39 is 5.97 Å². The van der Waals surface area contributed by atoms with E-state index in [9.17, 15) is 9.59 Å². The Balaban J connectivity index is 2.12. The van der Waals surface area contributed by atoms with Crippen molar-refractivity contribution >= 4 is 11.9 Å². The summed E-state index contributed by atoms with van der Waals surface area (Å²) < 4.78 is 1.76. The summed E-state index contributed by atoms with van der Waals surface area (Å²) in [4.78, 5) is 26.6. The zero-order valence-electron chi connectivity index (χ0n) is 12.0. The fourth-order valence-corrected chi connectivity index (χ4v) is 2.03. The van der Waals surface area contributed by atoms with E-state index in [0.717, 1.165) is 17.0 Å². The summed E-state index contributed by atoms with van der Waals surface area (Å²) in [5.41, 5.74) is 2.90. The Kier molecular flexibility index (Phi) is 4.02. The van der Waals surface area contributed by atoms with Gasteiger partial charge >= 0.3 is 5.97 Å². The number of carbonyl (C=O) groups excluding carboxylic acids is 1. The fourth-order valence-electron chi connectivity index (χ4n) is 2.03. The molecule has 2 aromatic rings. The summed E-state index contributed by atoms with van der Waals surface area (Å²) in [7, 11) is 1.84. The smallest absolute Gasteiger partial charge is 0.354 e. The van der Waals surface area contributed by atoms with E-state index in [2.05, 4.69) is 15.4 Å². The maximum absolute atomic E-state index is 12.1. The molecule has 110 valence electrons. The molecule has 0 aliphatic rings. The molecule has 0 aliphatic carbocycles. The highest BCUT2D eigenvalue weighted by Crippen LogP contribution is 2.11. The van der Waals surface area contributed by atoms with Crippen LogP contribution in [0, 0.1) is 13.8 Å². The Bertz CT molecular complexity index is 706. The van der Waals surface area contributed by atoms with Gasteiger partial charge in [0.2, 0.25) is 0 Å². The largest absolute Gasteiger partial charge is 0.477 e. The number of rotatable bonds is 4. The molecule has 7 nitrogen and oxygen atoms in total. The number of hydrogen-bond donors (Lipinski definition) is 2. The van der Waals surface area contributed by atoms with Crippen molar-refractivity contribution in [1.29, 1.82) is 0 Å². The Hall–Kier alpha value is -2.70. The molecule has 0 aromatic carbocycles. The second kappa shape index (κ2) is 5.74. The minimum absolute atomic E-state index is 0.156. The zero-order valence-corrected chi connectivity index (χ0v) is 12.0. The van der Waals surface area contributed by atoms with Crippen molar-refractivity contribution in [3.63, 3.8) is 0 Å². The van der Waals surface area contributed by atoms with Crippen LogP contribution in [0.5, 0.6) is 0 Å². The molecule has 1 amide bonds. The average Bonchev–Trinajstić information content (AvgIpc) is 2.70. The van der Waals surface area contributed by atoms with Crippen LogP contribution in [0.3, 0.4) is 0 Å². The Labute approximate surface area is 121 Å². The molecule has 0 unspecified atom stereocenters. The summed E-state index contributed by atoms with van der Waals surface area (Å²) in [6.45, 7) is 4.15. The van der Waals surface area contributed by atoms with E-state index in [1.165, 1.54) is 18.3 Å². The van der Waals surface area contributed by atoms with Gasteiger partial charge < -0.3 is 10.4 Å². The van der Waals surface area contributed by atoms with E-state index in [4.69, 9.17) is 5.11 Å². The molecule has 0 saturated carbocycles. The fraction of sp³-hybridized carbons (Fsp3) is 0.286. The maximum atomic E-state index is 12.1. The third-order valence-electron chi connectivity index (χ3n) is 3.33. The molecular formula is C14H16N4O3. The topological polar surface area (TPSA) is 97.1 Å². The molecule has 0 radical (unpaired) electrons. The lowest BCUT2D eigenvalue weighted by molar-refractivity contribution is 0.0690. The first-order valence-corrected chi connectivity index (χ1v) is 6.36. The van der Waals surface area contributed by atoms with Gasteiger partial charge in [-0.3, -0.25) is 9.48 Å². The second-order valence-corrected chi connectivity index (χ2v) is 4.69. The zero-order chi connectivity index (χ0) is 15.6. The first-order valence-electron chi connectivity index (χ1n) is 6.36. The van der Waals surface area contributed by atoms with Gasteiger partial charge in [-0.05, 0) is 26.0 Å².